The van der Waals surface area contributed by atoms with Crippen molar-refractivity contribution >= 4 is 23.2 Å². The number of hydrogen-bond donors (Lipinski definition) is 2. The predicted octanol–water partition coefficient (Wildman–Crippen LogP) is 3.95. The van der Waals surface area contributed by atoms with Gasteiger partial charge in [-0.05, 0) is 25.0 Å². The van der Waals surface area contributed by atoms with Crippen LogP contribution in [0.5, 0.6) is 5.75 Å². The number of carbonyl (C=O) groups is 1. The highest BCUT2D eigenvalue weighted by molar-refractivity contribution is 6.33. The van der Waals surface area contributed by atoms with E-state index in [2.05, 4.69) is 5.32 Å². The van der Waals surface area contributed by atoms with E-state index < -0.39 is 0 Å². The Bertz CT molecular complexity index is 453. The third-order valence-electron chi connectivity index (χ3n) is 3.71. The summed E-state index contributed by atoms with van der Waals surface area (Å²) in [6.07, 6.45) is 5.27. The first-order chi connectivity index (χ1) is 8.51. The predicted molar refractivity (Wildman–Crippen MR) is 72.9 cm³/mol. The number of carbonyl (C=O) groups excluding carboxylic acids is 1. The molecule has 3 nitrogen and oxygen atoms in total. The fraction of sp³-hybridized carbons (Fsp3) is 0.500. The first-order valence-corrected chi connectivity index (χ1v) is 6.69. The smallest absolute Gasteiger partial charge is 0.230 e. The van der Waals surface area contributed by atoms with Gasteiger partial charge in [0.1, 0.15) is 5.75 Å². The minimum Gasteiger partial charge on any atom is -0.508 e. The van der Waals surface area contributed by atoms with E-state index in [-0.39, 0.29) is 17.1 Å². The van der Waals surface area contributed by atoms with E-state index in [4.69, 9.17) is 11.6 Å². The second kappa shape index (κ2) is 5.19. The third-order valence-corrected chi connectivity index (χ3v) is 4.02. The van der Waals surface area contributed by atoms with Gasteiger partial charge in [-0.15, -0.1) is 0 Å². The summed E-state index contributed by atoms with van der Waals surface area (Å²) in [6, 6.07) is 4.58. The van der Waals surface area contributed by atoms with Crippen molar-refractivity contribution in [1.29, 1.82) is 0 Å². The molecule has 1 aliphatic rings. The highest BCUT2D eigenvalue weighted by atomic mass is 35.5. The van der Waals surface area contributed by atoms with Crippen LogP contribution in [0.25, 0.3) is 0 Å². The minimum atomic E-state index is -0.292. The monoisotopic (exact) mass is 267 g/mol. The summed E-state index contributed by atoms with van der Waals surface area (Å²) in [5.41, 5.74) is 0.269. The van der Waals surface area contributed by atoms with Crippen molar-refractivity contribution in [2.75, 3.05) is 5.32 Å². The van der Waals surface area contributed by atoms with Crippen LogP contribution in [-0.4, -0.2) is 11.0 Å². The van der Waals surface area contributed by atoms with Crippen molar-refractivity contribution in [1.82, 2.24) is 0 Å². The molecule has 1 fully saturated rings. The van der Waals surface area contributed by atoms with Crippen molar-refractivity contribution < 1.29 is 9.90 Å². The van der Waals surface area contributed by atoms with Crippen LogP contribution in [0.2, 0.25) is 5.02 Å². The van der Waals surface area contributed by atoms with Gasteiger partial charge in [0, 0.05) is 11.5 Å². The number of anilines is 1. The molecule has 0 atom stereocenters. The van der Waals surface area contributed by atoms with Crippen molar-refractivity contribution in [2.45, 2.75) is 39.0 Å². The molecular weight excluding hydrogens is 250 g/mol. The Morgan fingerprint density at radius 3 is 2.61 bits per heavy atom. The standard InChI is InChI=1S/C14H18ClNO2/c1-14(7-3-2-4-8-14)13(18)16-12-6-5-10(17)9-11(12)15/h5-6,9,17H,2-4,7-8H2,1H3,(H,16,18). The van der Waals surface area contributed by atoms with E-state index in [1.165, 1.54) is 18.6 Å². The summed E-state index contributed by atoms with van der Waals surface area (Å²) in [5.74, 6) is 0.122. The lowest BCUT2D eigenvalue weighted by atomic mass is 9.75. The van der Waals surface area contributed by atoms with Gasteiger partial charge in [-0.1, -0.05) is 37.8 Å². The highest BCUT2D eigenvalue weighted by Crippen LogP contribution is 2.37. The van der Waals surface area contributed by atoms with Crippen LogP contribution in [-0.2, 0) is 4.79 Å². The largest absolute Gasteiger partial charge is 0.508 e. The van der Waals surface area contributed by atoms with Gasteiger partial charge in [0.25, 0.3) is 0 Å². The number of nitrogens with one attached hydrogen (secondary N) is 1. The number of halogens is 1. The fourth-order valence-electron chi connectivity index (χ4n) is 2.44. The molecule has 18 heavy (non-hydrogen) atoms. The second-order valence-corrected chi connectivity index (χ2v) is 5.65. The number of benzene rings is 1. The van der Waals surface area contributed by atoms with Gasteiger partial charge in [-0.25, -0.2) is 0 Å². The van der Waals surface area contributed by atoms with Crippen molar-refractivity contribution in [3.63, 3.8) is 0 Å². The second-order valence-electron chi connectivity index (χ2n) is 5.24. The molecule has 98 valence electrons. The summed E-state index contributed by atoms with van der Waals surface area (Å²) in [4.78, 5) is 12.3. The van der Waals surface area contributed by atoms with Crippen LogP contribution in [0.1, 0.15) is 39.0 Å². The molecule has 4 heteroatoms. The first-order valence-electron chi connectivity index (χ1n) is 6.31. The van der Waals surface area contributed by atoms with E-state index in [1.54, 1.807) is 6.07 Å². The number of phenolic OH excluding ortho intramolecular Hbond substituents is 1. The van der Waals surface area contributed by atoms with Gasteiger partial charge in [0.2, 0.25) is 5.91 Å². The lowest BCUT2D eigenvalue weighted by Gasteiger charge is -2.32. The van der Waals surface area contributed by atoms with Gasteiger partial charge in [-0.3, -0.25) is 4.79 Å². The van der Waals surface area contributed by atoms with Gasteiger partial charge in [-0.2, -0.15) is 0 Å². The number of aromatic hydroxyl groups is 1. The molecule has 0 radical (unpaired) electrons. The molecule has 0 spiro atoms. The molecule has 2 rings (SSSR count). The van der Waals surface area contributed by atoms with Gasteiger partial charge in [0.05, 0.1) is 10.7 Å². The fourth-order valence-corrected chi connectivity index (χ4v) is 2.66. The van der Waals surface area contributed by atoms with E-state index >= 15 is 0 Å². The summed E-state index contributed by atoms with van der Waals surface area (Å²) < 4.78 is 0. The molecule has 1 amide bonds. The summed E-state index contributed by atoms with van der Waals surface area (Å²) in [6.45, 7) is 2.01. The molecule has 0 bridgehead atoms. The lowest BCUT2D eigenvalue weighted by molar-refractivity contribution is -0.126. The Labute approximate surface area is 112 Å². The molecular formula is C14H18ClNO2. The molecule has 0 heterocycles. The van der Waals surface area contributed by atoms with E-state index in [1.807, 2.05) is 6.92 Å². The molecule has 0 unspecified atom stereocenters. The molecule has 0 aromatic heterocycles. The Balaban J connectivity index is 2.11. The molecule has 2 N–H and O–H groups in total. The molecule has 1 aromatic carbocycles. The summed E-state index contributed by atoms with van der Waals surface area (Å²) in [7, 11) is 0. The van der Waals surface area contributed by atoms with E-state index in [0.717, 1.165) is 25.7 Å². The number of rotatable bonds is 2. The van der Waals surface area contributed by atoms with Gasteiger partial charge >= 0.3 is 0 Å². The van der Waals surface area contributed by atoms with Crippen LogP contribution < -0.4 is 5.32 Å². The Morgan fingerprint density at radius 1 is 1.33 bits per heavy atom. The molecule has 0 aliphatic heterocycles. The minimum absolute atomic E-state index is 0.0230. The number of hydrogen-bond acceptors (Lipinski definition) is 2. The summed E-state index contributed by atoms with van der Waals surface area (Å²) in [5, 5.41) is 12.5. The number of phenols is 1. The van der Waals surface area contributed by atoms with Crippen LogP contribution in [0, 0.1) is 5.41 Å². The topological polar surface area (TPSA) is 49.3 Å². The van der Waals surface area contributed by atoms with Crippen molar-refractivity contribution in [3.05, 3.63) is 23.2 Å². The lowest BCUT2D eigenvalue weighted by Crippen LogP contribution is -2.35. The quantitative estimate of drug-likeness (QED) is 0.797. The zero-order valence-corrected chi connectivity index (χ0v) is 11.3. The zero-order valence-electron chi connectivity index (χ0n) is 10.5. The average Bonchev–Trinajstić information content (AvgIpc) is 2.33. The maximum atomic E-state index is 12.3. The third kappa shape index (κ3) is 2.78. The highest BCUT2D eigenvalue weighted by Gasteiger charge is 2.34. The average molecular weight is 268 g/mol. The molecule has 0 saturated heterocycles. The van der Waals surface area contributed by atoms with Gasteiger partial charge in [0.15, 0.2) is 0 Å². The van der Waals surface area contributed by atoms with Crippen molar-refractivity contribution in [3.8, 4) is 5.75 Å². The molecule has 1 aromatic rings. The summed E-state index contributed by atoms with van der Waals surface area (Å²) >= 11 is 5.98. The van der Waals surface area contributed by atoms with Crippen LogP contribution in [0.15, 0.2) is 18.2 Å². The van der Waals surface area contributed by atoms with Crippen LogP contribution in [0.4, 0.5) is 5.69 Å². The first kappa shape index (κ1) is 13.2. The Kier molecular flexibility index (Phi) is 3.81. The van der Waals surface area contributed by atoms with Crippen LogP contribution >= 0.6 is 11.6 Å². The maximum absolute atomic E-state index is 12.3. The Morgan fingerprint density at radius 2 is 2.00 bits per heavy atom. The SMILES string of the molecule is CC1(C(=O)Nc2ccc(O)cc2Cl)CCCCC1. The van der Waals surface area contributed by atoms with Crippen LogP contribution in [0.3, 0.4) is 0 Å². The zero-order chi connectivity index (χ0) is 13.2. The normalized spacial score (nSPS) is 18.3. The number of amides is 1. The van der Waals surface area contributed by atoms with E-state index in [0.29, 0.717) is 10.7 Å². The Hall–Kier alpha value is -1.22. The van der Waals surface area contributed by atoms with Gasteiger partial charge < -0.3 is 10.4 Å². The molecule has 1 saturated carbocycles. The van der Waals surface area contributed by atoms with E-state index in [9.17, 15) is 9.90 Å². The maximum Gasteiger partial charge on any atom is 0.230 e. The molecule has 1 aliphatic carbocycles. The van der Waals surface area contributed by atoms with Crippen molar-refractivity contribution in [2.24, 2.45) is 5.41 Å².